The normalized spacial score (nSPS) is 13.8. The highest BCUT2D eigenvalue weighted by molar-refractivity contribution is 7.73. The van der Waals surface area contributed by atoms with Gasteiger partial charge in [0, 0.05) is 22.7 Å². The zero-order chi connectivity index (χ0) is 13.2. The third-order valence-electron chi connectivity index (χ3n) is 2.50. The molecule has 0 heterocycles. The molecule has 0 saturated heterocycles. The minimum atomic E-state index is -3.77. The van der Waals surface area contributed by atoms with E-state index in [1.807, 2.05) is 0 Å². The summed E-state index contributed by atoms with van der Waals surface area (Å²) in [6, 6.07) is 13.3. The van der Waals surface area contributed by atoms with Crippen LogP contribution in [0.3, 0.4) is 0 Å². The van der Waals surface area contributed by atoms with E-state index in [9.17, 15) is 19.6 Å². The van der Waals surface area contributed by atoms with Crippen LogP contribution in [0.4, 0.5) is 5.69 Å². The van der Waals surface area contributed by atoms with Gasteiger partial charge in [0.2, 0.25) is 0 Å². The average molecular weight is 263 g/mol. The maximum atomic E-state index is 12.3. The van der Waals surface area contributed by atoms with Crippen molar-refractivity contribution in [2.24, 2.45) is 0 Å². The van der Waals surface area contributed by atoms with E-state index in [0.717, 1.165) is 6.07 Å². The second kappa shape index (κ2) is 4.72. The van der Waals surface area contributed by atoms with Gasteiger partial charge in [0.15, 0.2) is 0 Å². The van der Waals surface area contributed by atoms with Gasteiger partial charge in [-0.3, -0.25) is 14.7 Å². The maximum absolute atomic E-state index is 12.3. The Balaban J connectivity index is 2.51. The first-order chi connectivity index (χ1) is 8.51. The molecule has 0 fully saturated rings. The fourth-order valence-corrected chi connectivity index (χ4v) is 3.04. The van der Waals surface area contributed by atoms with Gasteiger partial charge in [-0.2, -0.15) is 0 Å². The Bertz CT molecular complexity index is 627. The second-order valence-corrected chi connectivity index (χ2v) is 5.87. The van der Waals surface area contributed by atoms with Crippen LogP contribution in [0, 0.1) is 10.1 Å². The Labute approximate surface area is 103 Å². The number of rotatable bonds is 3. The molecule has 92 valence electrons. The molecule has 5 nitrogen and oxygen atoms in total. The van der Waals surface area contributed by atoms with Crippen LogP contribution in [-0.2, 0) is 4.57 Å². The monoisotopic (exact) mass is 263 g/mol. The first-order valence-electron chi connectivity index (χ1n) is 5.15. The average Bonchev–Trinajstić information content (AvgIpc) is 2.40. The molecule has 6 heteroatoms. The van der Waals surface area contributed by atoms with Crippen molar-refractivity contribution in [3.05, 3.63) is 64.7 Å². The molecule has 1 atom stereocenters. The molecule has 1 N–H and O–H groups in total. The summed E-state index contributed by atoms with van der Waals surface area (Å²) in [7, 11) is -3.77. The molecule has 1 unspecified atom stereocenters. The molecule has 18 heavy (non-hydrogen) atoms. The minimum Gasteiger partial charge on any atom is -0.338 e. The largest absolute Gasteiger partial charge is 0.338 e. The van der Waals surface area contributed by atoms with Crippen LogP contribution >= 0.6 is 7.37 Å². The van der Waals surface area contributed by atoms with E-state index in [1.54, 1.807) is 18.2 Å². The number of hydrogen-bond acceptors (Lipinski definition) is 3. The predicted octanol–water partition coefficient (Wildman–Crippen LogP) is 1.82. The molecular formula is C12H10NO4P. The van der Waals surface area contributed by atoms with Crippen molar-refractivity contribution < 1.29 is 14.4 Å². The van der Waals surface area contributed by atoms with E-state index >= 15 is 0 Å². The lowest BCUT2D eigenvalue weighted by Crippen LogP contribution is -2.15. The Hall–Kier alpha value is -1.97. The number of nitro benzene ring substituents is 1. The zero-order valence-electron chi connectivity index (χ0n) is 9.26. The maximum Gasteiger partial charge on any atom is 0.270 e. The summed E-state index contributed by atoms with van der Waals surface area (Å²) in [5.74, 6) is 0. The van der Waals surface area contributed by atoms with Crippen LogP contribution in [0.15, 0.2) is 54.6 Å². The highest BCUT2D eigenvalue weighted by atomic mass is 31.2. The molecule has 0 saturated carbocycles. The minimum absolute atomic E-state index is 0.0582. The van der Waals surface area contributed by atoms with Crippen molar-refractivity contribution in [3.8, 4) is 0 Å². The van der Waals surface area contributed by atoms with E-state index in [0.29, 0.717) is 0 Å². The highest BCUT2D eigenvalue weighted by Gasteiger charge is 2.25. The molecule has 2 rings (SSSR count). The lowest BCUT2D eigenvalue weighted by molar-refractivity contribution is -0.384. The fourth-order valence-electron chi connectivity index (χ4n) is 1.57. The van der Waals surface area contributed by atoms with Crippen LogP contribution in [0.1, 0.15) is 0 Å². The predicted molar refractivity (Wildman–Crippen MR) is 68.6 cm³/mol. The summed E-state index contributed by atoms with van der Waals surface area (Å²) in [6.07, 6.45) is 0. The van der Waals surface area contributed by atoms with E-state index < -0.39 is 12.3 Å². The van der Waals surface area contributed by atoms with Crippen LogP contribution in [0.25, 0.3) is 0 Å². The molecule has 2 aromatic carbocycles. The standard InChI is InChI=1S/C12H10NO4P/c14-13(15)10-5-4-8-12(9-10)18(16,17)11-6-2-1-3-7-11/h1-9H,(H,16,17). The van der Waals surface area contributed by atoms with Gasteiger partial charge in [-0.05, 0) is 18.2 Å². The highest BCUT2D eigenvalue weighted by Crippen LogP contribution is 2.38. The molecule has 0 radical (unpaired) electrons. The molecule has 0 aliphatic carbocycles. The van der Waals surface area contributed by atoms with E-state index in [4.69, 9.17) is 0 Å². The van der Waals surface area contributed by atoms with E-state index in [2.05, 4.69) is 0 Å². The molecule has 0 aromatic heterocycles. The molecule has 0 aliphatic heterocycles. The summed E-state index contributed by atoms with van der Waals surface area (Å²) < 4.78 is 12.3. The van der Waals surface area contributed by atoms with Gasteiger partial charge < -0.3 is 4.89 Å². The lowest BCUT2D eigenvalue weighted by Gasteiger charge is -2.11. The van der Waals surface area contributed by atoms with Gasteiger partial charge >= 0.3 is 0 Å². The van der Waals surface area contributed by atoms with Crippen molar-refractivity contribution in [3.63, 3.8) is 0 Å². The van der Waals surface area contributed by atoms with Crippen LogP contribution < -0.4 is 10.6 Å². The van der Waals surface area contributed by atoms with Crippen molar-refractivity contribution in [2.75, 3.05) is 0 Å². The summed E-state index contributed by atoms with van der Waals surface area (Å²) in [4.78, 5) is 20.2. The molecule has 2 aromatic rings. The van der Waals surface area contributed by atoms with Crippen molar-refractivity contribution >= 4 is 23.7 Å². The molecule has 0 bridgehead atoms. The Kier molecular flexibility index (Phi) is 3.28. The second-order valence-electron chi connectivity index (χ2n) is 3.69. The van der Waals surface area contributed by atoms with Crippen LogP contribution in [-0.4, -0.2) is 9.82 Å². The summed E-state index contributed by atoms with van der Waals surface area (Å²) >= 11 is 0. The molecular weight excluding hydrogens is 253 g/mol. The Morgan fingerprint density at radius 2 is 1.61 bits per heavy atom. The van der Waals surface area contributed by atoms with E-state index in [-0.39, 0.29) is 16.3 Å². The van der Waals surface area contributed by atoms with Crippen molar-refractivity contribution in [2.45, 2.75) is 0 Å². The van der Waals surface area contributed by atoms with Crippen molar-refractivity contribution in [1.82, 2.24) is 0 Å². The summed E-state index contributed by atoms with van der Waals surface area (Å²) in [6.45, 7) is 0. The quantitative estimate of drug-likeness (QED) is 0.520. The van der Waals surface area contributed by atoms with Gasteiger partial charge in [-0.25, -0.2) is 0 Å². The fraction of sp³-hybridized carbons (Fsp3) is 0. The topological polar surface area (TPSA) is 80.4 Å². The van der Waals surface area contributed by atoms with Crippen LogP contribution in [0.5, 0.6) is 0 Å². The molecule has 0 aliphatic rings. The van der Waals surface area contributed by atoms with E-state index in [1.165, 1.54) is 30.3 Å². The first-order valence-corrected chi connectivity index (χ1v) is 6.81. The number of nitrogens with zero attached hydrogens (tertiary/aromatic N) is 1. The third-order valence-corrected chi connectivity index (χ3v) is 4.47. The smallest absolute Gasteiger partial charge is 0.270 e. The number of nitro groups is 1. The first kappa shape index (κ1) is 12.5. The molecule has 0 amide bonds. The Morgan fingerprint density at radius 3 is 2.22 bits per heavy atom. The number of non-ortho nitro benzene ring substituents is 1. The van der Waals surface area contributed by atoms with Gasteiger partial charge in [-0.1, -0.05) is 24.3 Å². The molecule has 0 spiro atoms. The lowest BCUT2D eigenvalue weighted by atomic mass is 10.3. The Morgan fingerprint density at radius 1 is 1.00 bits per heavy atom. The zero-order valence-corrected chi connectivity index (χ0v) is 10.2. The number of hydrogen-bond donors (Lipinski definition) is 1. The van der Waals surface area contributed by atoms with Gasteiger partial charge in [0.05, 0.1) is 4.92 Å². The number of benzene rings is 2. The van der Waals surface area contributed by atoms with Gasteiger partial charge in [0.1, 0.15) is 0 Å². The van der Waals surface area contributed by atoms with Gasteiger partial charge in [-0.15, -0.1) is 0 Å². The summed E-state index contributed by atoms with van der Waals surface area (Å²) in [5, 5.41) is 11.0. The van der Waals surface area contributed by atoms with Gasteiger partial charge in [0.25, 0.3) is 13.1 Å². The SMILES string of the molecule is O=[N+]([O-])c1cccc(P(=O)(O)c2ccccc2)c1. The van der Waals surface area contributed by atoms with Crippen molar-refractivity contribution in [1.29, 1.82) is 0 Å². The van der Waals surface area contributed by atoms with Crippen LogP contribution in [0.2, 0.25) is 0 Å². The summed E-state index contributed by atoms with van der Waals surface area (Å²) in [5.41, 5.74) is -0.197. The third kappa shape index (κ3) is 2.32.